The second-order valence-electron chi connectivity index (χ2n) is 4.50. The topological polar surface area (TPSA) is 57.4 Å². The Labute approximate surface area is 127 Å². The van der Waals surface area contributed by atoms with Gasteiger partial charge in [-0.25, -0.2) is 0 Å². The highest BCUT2D eigenvalue weighted by Gasteiger charge is 2.08. The van der Waals surface area contributed by atoms with Crippen LogP contribution in [0.25, 0.3) is 0 Å². The number of pyridine rings is 1. The van der Waals surface area contributed by atoms with Crippen LogP contribution in [0.5, 0.6) is 11.5 Å². The first-order valence-electron chi connectivity index (χ1n) is 6.26. The van der Waals surface area contributed by atoms with E-state index in [0.29, 0.717) is 18.1 Å². The molecular formula is C15H17BrN2O2. The van der Waals surface area contributed by atoms with E-state index in [9.17, 15) is 0 Å². The van der Waals surface area contributed by atoms with Crippen molar-refractivity contribution in [3.63, 3.8) is 0 Å². The first kappa shape index (κ1) is 14.8. The van der Waals surface area contributed by atoms with Gasteiger partial charge in [0, 0.05) is 28.5 Å². The van der Waals surface area contributed by atoms with Gasteiger partial charge in [-0.1, -0.05) is 6.07 Å². The number of nitrogens with zero attached hydrogens (tertiary/aromatic N) is 1. The molecule has 0 spiro atoms. The number of hydrogen-bond donors (Lipinski definition) is 1. The molecule has 0 bridgehead atoms. The van der Waals surface area contributed by atoms with Crippen molar-refractivity contribution in [3.8, 4) is 11.5 Å². The summed E-state index contributed by atoms with van der Waals surface area (Å²) in [5.74, 6) is 1.37. The maximum absolute atomic E-state index is 5.86. The number of rotatable bonds is 5. The van der Waals surface area contributed by atoms with Crippen LogP contribution in [0.15, 0.2) is 41.1 Å². The minimum atomic E-state index is -0.0350. The highest BCUT2D eigenvalue weighted by molar-refractivity contribution is 9.10. The molecule has 0 saturated heterocycles. The fraction of sp³-hybridized carbons (Fsp3) is 0.267. The summed E-state index contributed by atoms with van der Waals surface area (Å²) in [7, 11) is 1.62. The van der Waals surface area contributed by atoms with Gasteiger partial charge in [-0.2, -0.15) is 0 Å². The molecule has 0 fully saturated rings. The van der Waals surface area contributed by atoms with Crippen LogP contribution >= 0.6 is 15.9 Å². The predicted octanol–water partition coefficient (Wildman–Crippen LogP) is 3.45. The highest BCUT2D eigenvalue weighted by Crippen LogP contribution is 2.30. The van der Waals surface area contributed by atoms with Crippen LogP contribution in [-0.2, 0) is 6.61 Å². The maximum atomic E-state index is 5.86. The average molecular weight is 337 g/mol. The van der Waals surface area contributed by atoms with E-state index in [2.05, 4.69) is 20.9 Å². The molecule has 0 amide bonds. The van der Waals surface area contributed by atoms with Crippen molar-refractivity contribution in [2.24, 2.45) is 5.73 Å². The van der Waals surface area contributed by atoms with Crippen LogP contribution < -0.4 is 15.2 Å². The first-order valence-corrected chi connectivity index (χ1v) is 7.05. The summed E-state index contributed by atoms with van der Waals surface area (Å²) in [4.78, 5) is 4.10. The molecule has 4 nitrogen and oxygen atoms in total. The molecule has 5 heteroatoms. The van der Waals surface area contributed by atoms with Gasteiger partial charge in [0.05, 0.1) is 7.11 Å². The van der Waals surface area contributed by atoms with Gasteiger partial charge in [-0.3, -0.25) is 4.98 Å². The zero-order chi connectivity index (χ0) is 14.5. The Morgan fingerprint density at radius 1 is 1.25 bits per heavy atom. The number of halogens is 1. The van der Waals surface area contributed by atoms with Crippen molar-refractivity contribution in [2.75, 3.05) is 7.11 Å². The van der Waals surface area contributed by atoms with Crippen molar-refractivity contribution in [2.45, 2.75) is 19.6 Å². The van der Waals surface area contributed by atoms with E-state index in [-0.39, 0.29) is 6.04 Å². The minimum Gasteiger partial charge on any atom is -0.493 e. The predicted molar refractivity (Wildman–Crippen MR) is 81.9 cm³/mol. The van der Waals surface area contributed by atoms with E-state index >= 15 is 0 Å². The number of aromatic nitrogens is 1. The van der Waals surface area contributed by atoms with Crippen molar-refractivity contribution in [3.05, 3.63) is 52.3 Å². The third-order valence-corrected chi connectivity index (χ3v) is 3.30. The standard InChI is InChI=1S/C15H17BrN2O2/c1-10(17)12-3-4-14(15(6-12)19-2)20-9-11-5-13(16)8-18-7-11/h3-8,10H,9,17H2,1-2H3/t10-/m1/s1. The summed E-state index contributed by atoms with van der Waals surface area (Å²) in [6, 6.07) is 7.66. The fourth-order valence-electron chi connectivity index (χ4n) is 1.78. The number of nitrogens with two attached hydrogens (primary N) is 1. The highest BCUT2D eigenvalue weighted by atomic mass is 79.9. The van der Waals surface area contributed by atoms with Crippen LogP contribution in [0.4, 0.5) is 0 Å². The van der Waals surface area contributed by atoms with Gasteiger partial charge in [0.15, 0.2) is 11.5 Å². The smallest absolute Gasteiger partial charge is 0.161 e. The lowest BCUT2D eigenvalue weighted by Crippen LogP contribution is -2.05. The summed E-state index contributed by atoms with van der Waals surface area (Å²) in [6.45, 7) is 2.36. The van der Waals surface area contributed by atoms with Crippen LogP contribution in [0.2, 0.25) is 0 Å². The van der Waals surface area contributed by atoms with Crippen molar-refractivity contribution < 1.29 is 9.47 Å². The third kappa shape index (κ3) is 3.71. The molecule has 106 valence electrons. The van der Waals surface area contributed by atoms with E-state index in [1.807, 2.05) is 31.2 Å². The quantitative estimate of drug-likeness (QED) is 0.908. The van der Waals surface area contributed by atoms with Crippen molar-refractivity contribution >= 4 is 15.9 Å². The Morgan fingerprint density at radius 3 is 2.70 bits per heavy atom. The Hall–Kier alpha value is -1.59. The molecule has 1 atom stereocenters. The Morgan fingerprint density at radius 2 is 2.05 bits per heavy atom. The molecular weight excluding hydrogens is 320 g/mol. The second kappa shape index (κ2) is 6.72. The molecule has 0 radical (unpaired) electrons. The SMILES string of the molecule is COc1cc([C@@H](C)N)ccc1OCc1cncc(Br)c1. The summed E-state index contributed by atoms with van der Waals surface area (Å²) in [6.07, 6.45) is 3.51. The number of benzene rings is 1. The maximum Gasteiger partial charge on any atom is 0.161 e. The van der Waals surface area contributed by atoms with E-state index in [1.165, 1.54) is 0 Å². The average Bonchev–Trinajstić information content (AvgIpc) is 2.45. The van der Waals surface area contributed by atoms with E-state index < -0.39 is 0 Å². The van der Waals surface area contributed by atoms with Crippen molar-refractivity contribution in [1.29, 1.82) is 0 Å². The van der Waals surface area contributed by atoms with Gasteiger partial charge >= 0.3 is 0 Å². The van der Waals surface area contributed by atoms with Crippen LogP contribution in [0.3, 0.4) is 0 Å². The molecule has 2 rings (SSSR count). The molecule has 1 heterocycles. The lowest BCUT2D eigenvalue weighted by molar-refractivity contribution is 0.284. The summed E-state index contributed by atoms with van der Waals surface area (Å²) < 4.78 is 12.0. The van der Waals surface area contributed by atoms with Gasteiger partial charge in [0.25, 0.3) is 0 Å². The number of methoxy groups -OCH3 is 1. The molecule has 2 N–H and O–H groups in total. The van der Waals surface area contributed by atoms with Gasteiger partial charge in [0.2, 0.25) is 0 Å². The molecule has 0 aliphatic heterocycles. The Kier molecular flexibility index (Phi) is 4.98. The minimum absolute atomic E-state index is 0.0350. The van der Waals surface area contributed by atoms with Crippen LogP contribution in [-0.4, -0.2) is 12.1 Å². The third-order valence-electron chi connectivity index (χ3n) is 2.87. The first-order chi connectivity index (χ1) is 9.60. The number of hydrogen-bond acceptors (Lipinski definition) is 4. The van der Waals surface area contributed by atoms with Gasteiger partial charge < -0.3 is 15.2 Å². The fourth-order valence-corrected chi connectivity index (χ4v) is 2.19. The van der Waals surface area contributed by atoms with E-state index in [1.54, 1.807) is 19.5 Å². The van der Waals surface area contributed by atoms with Crippen molar-refractivity contribution in [1.82, 2.24) is 4.98 Å². The molecule has 1 aromatic carbocycles. The van der Waals surface area contributed by atoms with Crippen LogP contribution in [0, 0.1) is 0 Å². The molecule has 0 aliphatic carbocycles. The summed E-state index contributed by atoms with van der Waals surface area (Å²) in [5, 5.41) is 0. The zero-order valence-electron chi connectivity index (χ0n) is 11.5. The number of ether oxygens (including phenoxy) is 2. The zero-order valence-corrected chi connectivity index (χ0v) is 13.1. The van der Waals surface area contributed by atoms with Gasteiger partial charge in [-0.05, 0) is 46.6 Å². The van der Waals surface area contributed by atoms with Gasteiger partial charge in [-0.15, -0.1) is 0 Å². The normalized spacial score (nSPS) is 12.0. The molecule has 20 heavy (non-hydrogen) atoms. The van der Waals surface area contributed by atoms with E-state index in [4.69, 9.17) is 15.2 Å². The van der Waals surface area contributed by atoms with Crippen LogP contribution in [0.1, 0.15) is 24.1 Å². The molecule has 1 aromatic heterocycles. The molecule has 2 aromatic rings. The second-order valence-corrected chi connectivity index (χ2v) is 5.41. The Bertz CT molecular complexity index is 588. The monoisotopic (exact) mass is 336 g/mol. The Balaban J connectivity index is 2.13. The van der Waals surface area contributed by atoms with Gasteiger partial charge in [0.1, 0.15) is 6.61 Å². The molecule has 0 saturated carbocycles. The largest absolute Gasteiger partial charge is 0.493 e. The van der Waals surface area contributed by atoms with E-state index in [0.717, 1.165) is 15.6 Å². The lowest BCUT2D eigenvalue weighted by atomic mass is 10.1. The lowest BCUT2D eigenvalue weighted by Gasteiger charge is -2.13. The summed E-state index contributed by atoms with van der Waals surface area (Å²) >= 11 is 3.39. The molecule has 0 unspecified atom stereocenters. The summed E-state index contributed by atoms with van der Waals surface area (Å²) in [5.41, 5.74) is 7.86. The molecule has 0 aliphatic rings.